The van der Waals surface area contributed by atoms with Crippen LogP contribution in [-0.4, -0.2) is 59.5 Å². The summed E-state index contributed by atoms with van der Waals surface area (Å²) >= 11 is 0. The topological polar surface area (TPSA) is 104 Å². The van der Waals surface area contributed by atoms with E-state index in [4.69, 9.17) is 4.74 Å². The third-order valence-corrected chi connectivity index (χ3v) is 5.02. The molecule has 1 saturated heterocycles. The minimum Gasteiger partial charge on any atom is -0.378 e. The van der Waals surface area contributed by atoms with Crippen LogP contribution in [0, 0.1) is 6.92 Å². The molecule has 0 spiro atoms. The fourth-order valence-electron chi connectivity index (χ4n) is 2.65. The monoisotopic (exact) mass is 325 g/mol. The Balaban J connectivity index is 1.90. The highest BCUT2D eigenvalue weighted by Gasteiger charge is 2.31. The maximum Gasteiger partial charge on any atom is 0.178 e. The molecule has 9 heteroatoms. The molecule has 3 rings (SSSR count). The van der Waals surface area contributed by atoms with Gasteiger partial charge in [0, 0.05) is 25.0 Å². The van der Waals surface area contributed by atoms with Crippen LogP contribution in [0.5, 0.6) is 0 Å². The molecule has 0 aromatic carbocycles. The number of nitrogens with one attached hydrogen (secondary N) is 2. The van der Waals surface area contributed by atoms with Crippen molar-refractivity contribution in [3.05, 3.63) is 29.6 Å². The summed E-state index contributed by atoms with van der Waals surface area (Å²) in [6.45, 7) is 4.34. The standard InChI is InChI=1S/C13H19N5O3S/c1-9-10(15-8-14-9)6-18-3-4-21-7-11(18)13-12(5-16-17-13)22(2,19)20/h5,8,11H,3-4,6-7H2,1-2H3,(H,14,15)(H,16,17). The Kier molecular flexibility index (Phi) is 4.02. The lowest BCUT2D eigenvalue weighted by Crippen LogP contribution is -2.40. The van der Waals surface area contributed by atoms with Gasteiger partial charge in [-0.2, -0.15) is 5.10 Å². The van der Waals surface area contributed by atoms with Crippen molar-refractivity contribution in [2.24, 2.45) is 0 Å². The largest absolute Gasteiger partial charge is 0.378 e. The molecular formula is C13H19N5O3S. The number of rotatable bonds is 4. The first-order valence-electron chi connectivity index (χ1n) is 7.01. The third kappa shape index (κ3) is 2.92. The molecule has 1 fully saturated rings. The average molecular weight is 325 g/mol. The molecule has 8 nitrogen and oxygen atoms in total. The number of aromatic amines is 2. The van der Waals surface area contributed by atoms with Crippen LogP contribution in [0.3, 0.4) is 0 Å². The first kappa shape index (κ1) is 15.2. The maximum absolute atomic E-state index is 11.9. The van der Waals surface area contributed by atoms with Gasteiger partial charge in [0.25, 0.3) is 0 Å². The number of nitrogens with zero attached hydrogens (tertiary/aromatic N) is 3. The van der Waals surface area contributed by atoms with Gasteiger partial charge in [0.15, 0.2) is 9.84 Å². The second kappa shape index (κ2) is 5.82. The second-order valence-electron chi connectivity index (χ2n) is 5.46. The third-order valence-electron chi connectivity index (χ3n) is 3.89. The normalized spacial score (nSPS) is 20.4. The van der Waals surface area contributed by atoms with Crippen LogP contribution in [0.1, 0.15) is 23.1 Å². The van der Waals surface area contributed by atoms with Gasteiger partial charge in [-0.3, -0.25) is 10.00 Å². The van der Waals surface area contributed by atoms with Crippen LogP contribution in [0.15, 0.2) is 17.4 Å². The highest BCUT2D eigenvalue weighted by molar-refractivity contribution is 7.90. The van der Waals surface area contributed by atoms with Crippen molar-refractivity contribution in [2.45, 2.75) is 24.4 Å². The molecule has 120 valence electrons. The summed E-state index contributed by atoms with van der Waals surface area (Å²) < 4.78 is 29.3. The van der Waals surface area contributed by atoms with Crippen LogP contribution in [0.4, 0.5) is 0 Å². The molecule has 0 amide bonds. The van der Waals surface area contributed by atoms with Crippen LogP contribution in [0.2, 0.25) is 0 Å². The lowest BCUT2D eigenvalue weighted by Gasteiger charge is -2.34. The van der Waals surface area contributed by atoms with Crippen molar-refractivity contribution in [3.63, 3.8) is 0 Å². The average Bonchev–Trinajstić information content (AvgIpc) is 3.09. The number of imidazole rings is 1. The van der Waals surface area contributed by atoms with Gasteiger partial charge in [0.05, 0.1) is 43.2 Å². The molecule has 1 aliphatic heterocycles. The minimum absolute atomic E-state index is 0.183. The van der Waals surface area contributed by atoms with E-state index < -0.39 is 9.84 Å². The van der Waals surface area contributed by atoms with Crippen molar-refractivity contribution in [1.82, 2.24) is 25.1 Å². The fourth-order valence-corrected chi connectivity index (χ4v) is 3.48. The first-order chi connectivity index (χ1) is 10.5. The van der Waals surface area contributed by atoms with Gasteiger partial charge in [0.1, 0.15) is 4.90 Å². The van der Waals surface area contributed by atoms with E-state index in [1.165, 1.54) is 12.5 Å². The van der Waals surface area contributed by atoms with Gasteiger partial charge in [0.2, 0.25) is 0 Å². The molecular weight excluding hydrogens is 306 g/mol. The number of sulfone groups is 1. The van der Waals surface area contributed by atoms with E-state index in [-0.39, 0.29) is 10.9 Å². The van der Waals surface area contributed by atoms with Gasteiger partial charge in [-0.15, -0.1) is 0 Å². The summed E-state index contributed by atoms with van der Waals surface area (Å²) in [4.78, 5) is 9.76. The quantitative estimate of drug-likeness (QED) is 0.844. The summed E-state index contributed by atoms with van der Waals surface area (Å²) in [7, 11) is -3.33. The van der Waals surface area contributed by atoms with Gasteiger partial charge in [-0.05, 0) is 6.92 Å². The smallest absolute Gasteiger partial charge is 0.178 e. The Labute approximate surface area is 128 Å². The molecule has 3 heterocycles. The van der Waals surface area contributed by atoms with E-state index in [1.54, 1.807) is 6.33 Å². The molecule has 2 aromatic rings. The van der Waals surface area contributed by atoms with Crippen molar-refractivity contribution >= 4 is 9.84 Å². The van der Waals surface area contributed by atoms with Crippen LogP contribution < -0.4 is 0 Å². The molecule has 0 aliphatic carbocycles. The Morgan fingerprint density at radius 2 is 2.32 bits per heavy atom. The number of morpholine rings is 1. The van der Waals surface area contributed by atoms with E-state index in [0.717, 1.165) is 11.4 Å². The van der Waals surface area contributed by atoms with Crippen LogP contribution >= 0.6 is 0 Å². The second-order valence-corrected chi connectivity index (χ2v) is 7.44. The molecule has 2 aromatic heterocycles. The molecule has 0 radical (unpaired) electrons. The maximum atomic E-state index is 11.9. The van der Waals surface area contributed by atoms with Crippen molar-refractivity contribution in [3.8, 4) is 0 Å². The number of H-pyrrole nitrogens is 2. The zero-order valence-corrected chi connectivity index (χ0v) is 13.4. The Bertz CT molecular complexity index is 751. The van der Waals surface area contributed by atoms with Crippen molar-refractivity contribution in [1.29, 1.82) is 0 Å². The Morgan fingerprint density at radius 1 is 1.50 bits per heavy atom. The SMILES string of the molecule is Cc1[nH]cnc1CN1CCOCC1c1[nH]ncc1S(C)(=O)=O. The number of aromatic nitrogens is 4. The summed E-state index contributed by atoms with van der Waals surface area (Å²) in [5.41, 5.74) is 2.54. The van der Waals surface area contributed by atoms with Crippen LogP contribution in [0.25, 0.3) is 0 Å². The first-order valence-corrected chi connectivity index (χ1v) is 8.90. The molecule has 0 bridgehead atoms. The summed E-state index contributed by atoms with van der Waals surface area (Å²) in [5, 5.41) is 6.73. The van der Waals surface area contributed by atoms with Gasteiger partial charge in [-0.25, -0.2) is 13.4 Å². The lowest BCUT2D eigenvalue weighted by molar-refractivity contribution is -0.0158. The van der Waals surface area contributed by atoms with E-state index in [1.807, 2.05) is 6.92 Å². The highest BCUT2D eigenvalue weighted by Crippen LogP contribution is 2.29. The molecule has 2 N–H and O–H groups in total. The molecule has 1 aliphatic rings. The molecule has 1 atom stereocenters. The summed E-state index contributed by atoms with van der Waals surface area (Å²) in [6.07, 6.45) is 4.21. The van der Waals surface area contributed by atoms with Gasteiger partial charge >= 0.3 is 0 Å². The molecule has 1 unspecified atom stereocenters. The summed E-state index contributed by atoms with van der Waals surface area (Å²) in [5.74, 6) is 0. The van der Waals surface area contributed by atoms with Crippen molar-refractivity contribution in [2.75, 3.05) is 26.0 Å². The van der Waals surface area contributed by atoms with Crippen molar-refractivity contribution < 1.29 is 13.2 Å². The predicted octanol–water partition coefficient (Wildman–Crippen LogP) is 0.418. The predicted molar refractivity (Wildman–Crippen MR) is 79.0 cm³/mol. The van der Waals surface area contributed by atoms with Gasteiger partial charge < -0.3 is 9.72 Å². The number of ether oxygens (including phenoxy) is 1. The number of hydrogen-bond acceptors (Lipinski definition) is 6. The fraction of sp³-hybridized carbons (Fsp3) is 0.538. The van der Waals surface area contributed by atoms with E-state index in [2.05, 4.69) is 25.1 Å². The number of hydrogen-bond donors (Lipinski definition) is 2. The van der Waals surface area contributed by atoms with E-state index in [0.29, 0.717) is 32.0 Å². The lowest BCUT2D eigenvalue weighted by atomic mass is 10.1. The van der Waals surface area contributed by atoms with E-state index >= 15 is 0 Å². The molecule has 22 heavy (non-hydrogen) atoms. The van der Waals surface area contributed by atoms with Gasteiger partial charge in [-0.1, -0.05) is 0 Å². The van der Waals surface area contributed by atoms with E-state index in [9.17, 15) is 8.42 Å². The number of aryl methyl sites for hydroxylation is 1. The zero-order valence-electron chi connectivity index (χ0n) is 12.5. The Morgan fingerprint density at radius 3 is 3.00 bits per heavy atom. The zero-order chi connectivity index (χ0) is 15.7. The minimum atomic E-state index is -3.33. The van der Waals surface area contributed by atoms with Crippen LogP contribution in [-0.2, 0) is 21.1 Å². The summed E-state index contributed by atoms with van der Waals surface area (Å²) in [6, 6.07) is -0.183. The highest BCUT2D eigenvalue weighted by atomic mass is 32.2. The Hall–Kier alpha value is -1.71. The molecule has 0 saturated carbocycles.